The Kier molecular flexibility index (Phi) is 7.59. The SMILES string of the molecule is Cc1ccc(C(=O)N[C@H](C)c2nnc(SCC(=O)Nc3cc(Cl)ccc3Cl)n2C)cc1. The van der Waals surface area contributed by atoms with Gasteiger partial charge in [-0.25, -0.2) is 0 Å². The van der Waals surface area contributed by atoms with Gasteiger partial charge in [-0.05, 0) is 44.2 Å². The van der Waals surface area contributed by atoms with Crippen molar-refractivity contribution in [2.75, 3.05) is 11.1 Å². The van der Waals surface area contributed by atoms with Crippen LogP contribution in [0.4, 0.5) is 5.69 Å². The largest absolute Gasteiger partial charge is 0.342 e. The van der Waals surface area contributed by atoms with Crippen molar-refractivity contribution in [2.24, 2.45) is 7.05 Å². The van der Waals surface area contributed by atoms with Crippen molar-refractivity contribution in [1.29, 1.82) is 0 Å². The van der Waals surface area contributed by atoms with E-state index in [1.54, 1.807) is 41.9 Å². The van der Waals surface area contributed by atoms with Gasteiger partial charge in [0.15, 0.2) is 11.0 Å². The lowest BCUT2D eigenvalue weighted by atomic mass is 10.1. The number of amides is 2. The second kappa shape index (κ2) is 10.2. The molecular weight excluding hydrogens is 457 g/mol. The minimum Gasteiger partial charge on any atom is -0.342 e. The van der Waals surface area contributed by atoms with E-state index in [0.29, 0.717) is 32.3 Å². The molecule has 1 heterocycles. The summed E-state index contributed by atoms with van der Waals surface area (Å²) in [6, 6.07) is 11.8. The number of carbonyl (C=O) groups excluding carboxylic acids is 2. The summed E-state index contributed by atoms with van der Waals surface area (Å²) in [6.07, 6.45) is 0. The van der Waals surface area contributed by atoms with Gasteiger partial charge in [-0.1, -0.05) is 52.7 Å². The molecule has 1 aromatic heterocycles. The molecular formula is C21H21Cl2N5O2S. The minimum atomic E-state index is -0.361. The molecule has 0 saturated heterocycles. The molecule has 2 amide bonds. The average Bonchev–Trinajstić information content (AvgIpc) is 3.10. The number of carbonyl (C=O) groups is 2. The molecule has 0 aliphatic heterocycles. The molecule has 10 heteroatoms. The maximum absolute atomic E-state index is 12.5. The summed E-state index contributed by atoms with van der Waals surface area (Å²) in [5, 5.41) is 15.4. The highest BCUT2D eigenvalue weighted by Gasteiger charge is 2.19. The minimum absolute atomic E-state index is 0.110. The first-order chi connectivity index (χ1) is 14.7. The van der Waals surface area contributed by atoms with E-state index in [1.807, 2.05) is 26.0 Å². The Hall–Kier alpha value is -2.55. The van der Waals surface area contributed by atoms with Gasteiger partial charge in [0.05, 0.1) is 22.5 Å². The monoisotopic (exact) mass is 477 g/mol. The highest BCUT2D eigenvalue weighted by atomic mass is 35.5. The Morgan fingerprint density at radius 2 is 1.84 bits per heavy atom. The smallest absolute Gasteiger partial charge is 0.251 e. The molecule has 0 saturated carbocycles. The number of aryl methyl sites for hydroxylation is 1. The van der Waals surface area contributed by atoms with Crippen LogP contribution in [0.15, 0.2) is 47.6 Å². The van der Waals surface area contributed by atoms with E-state index in [2.05, 4.69) is 20.8 Å². The van der Waals surface area contributed by atoms with Crippen LogP contribution < -0.4 is 10.6 Å². The van der Waals surface area contributed by atoms with Gasteiger partial charge in [0.2, 0.25) is 5.91 Å². The Bertz CT molecular complexity index is 1100. The quantitative estimate of drug-likeness (QED) is 0.483. The van der Waals surface area contributed by atoms with Crippen molar-refractivity contribution in [3.63, 3.8) is 0 Å². The third-order valence-electron chi connectivity index (χ3n) is 4.45. The van der Waals surface area contributed by atoms with E-state index in [0.717, 1.165) is 5.56 Å². The molecule has 0 fully saturated rings. The average molecular weight is 478 g/mol. The fourth-order valence-corrected chi connectivity index (χ4v) is 3.84. The van der Waals surface area contributed by atoms with Crippen molar-refractivity contribution < 1.29 is 9.59 Å². The highest BCUT2D eigenvalue weighted by Crippen LogP contribution is 2.26. The van der Waals surface area contributed by atoms with Crippen molar-refractivity contribution >= 4 is 52.5 Å². The molecule has 31 heavy (non-hydrogen) atoms. The number of rotatable bonds is 7. The van der Waals surface area contributed by atoms with Crippen LogP contribution in [0, 0.1) is 6.92 Å². The van der Waals surface area contributed by atoms with Crippen LogP contribution in [0.3, 0.4) is 0 Å². The van der Waals surface area contributed by atoms with Gasteiger partial charge in [0, 0.05) is 17.6 Å². The number of thioether (sulfide) groups is 1. The van der Waals surface area contributed by atoms with Crippen LogP contribution in [0.2, 0.25) is 10.0 Å². The summed E-state index contributed by atoms with van der Waals surface area (Å²) < 4.78 is 1.75. The fraction of sp³-hybridized carbons (Fsp3) is 0.238. The third kappa shape index (κ3) is 6.00. The van der Waals surface area contributed by atoms with Gasteiger partial charge in [-0.2, -0.15) is 0 Å². The summed E-state index contributed by atoms with van der Waals surface area (Å²) in [5.41, 5.74) is 2.11. The maximum Gasteiger partial charge on any atom is 0.251 e. The highest BCUT2D eigenvalue weighted by molar-refractivity contribution is 7.99. The van der Waals surface area contributed by atoms with E-state index >= 15 is 0 Å². The van der Waals surface area contributed by atoms with Gasteiger partial charge in [0.25, 0.3) is 5.91 Å². The van der Waals surface area contributed by atoms with Gasteiger partial charge in [0.1, 0.15) is 0 Å². The maximum atomic E-state index is 12.5. The summed E-state index contributed by atoms with van der Waals surface area (Å²) in [4.78, 5) is 24.7. The molecule has 0 unspecified atom stereocenters. The number of anilines is 1. The second-order valence-corrected chi connectivity index (χ2v) is 8.71. The van der Waals surface area contributed by atoms with Crippen molar-refractivity contribution in [3.05, 3.63) is 69.5 Å². The van der Waals surface area contributed by atoms with Gasteiger partial charge >= 0.3 is 0 Å². The molecule has 0 radical (unpaired) electrons. The summed E-state index contributed by atoms with van der Waals surface area (Å²) in [6.45, 7) is 3.80. The van der Waals surface area contributed by atoms with Crippen LogP contribution in [0.25, 0.3) is 0 Å². The number of aromatic nitrogens is 3. The molecule has 3 aromatic rings. The molecule has 162 valence electrons. The second-order valence-electron chi connectivity index (χ2n) is 6.92. The topological polar surface area (TPSA) is 88.9 Å². The van der Waals surface area contributed by atoms with Crippen LogP contribution in [0.5, 0.6) is 0 Å². The van der Waals surface area contributed by atoms with Crippen LogP contribution in [0.1, 0.15) is 34.7 Å². The van der Waals surface area contributed by atoms with Crippen LogP contribution in [-0.2, 0) is 11.8 Å². The number of benzene rings is 2. The molecule has 3 rings (SSSR count). The summed E-state index contributed by atoms with van der Waals surface area (Å²) in [5.74, 6) is 0.252. The molecule has 2 aromatic carbocycles. The predicted octanol–water partition coefficient (Wildman–Crippen LogP) is 4.65. The van der Waals surface area contributed by atoms with Crippen LogP contribution >= 0.6 is 35.0 Å². The summed E-state index contributed by atoms with van der Waals surface area (Å²) in [7, 11) is 1.79. The predicted molar refractivity (Wildman–Crippen MR) is 124 cm³/mol. The number of halogens is 2. The molecule has 2 N–H and O–H groups in total. The first kappa shape index (κ1) is 23.1. The molecule has 0 bridgehead atoms. The molecule has 0 spiro atoms. The zero-order valence-corrected chi connectivity index (χ0v) is 19.5. The van der Waals surface area contributed by atoms with E-state index in [-0.39, 0.29) is 23.6 Å². The number of hydrogen-bond acceptors (Lipinski definition) is 5. The van der Waals surface area contributed by atoms with E-state index in [9.17, 15) is 9.59 Å². The van der Waals surface area contributed by atoms with Crippen molar-refractivity contribution in [2.45, 2.75) is 25.0 Å². The lowest BCUT2D eigenvalue weighted by molar-refractivity contribution is -0.113. The Morgan fingerprint density at radius 1 is 1.13 bits per heavy atom. The molecule has 1 atom stereocenters. The van der Waals surface area contributed by atoms with Gasteiger partial charge < -0.3 is 15.2 Å². The van der Waals surface area contributed by atoms with E-state index < -0.39 is 0 Å². The fourth-order valence-electron chi connectivity index (χ4n) is 2.79. The Balaban J connectivity index is 1.59. The lowest BCUT2D eigenvalue weighted by Gasteiger charge is -2.14. The zero-order chi connectivity index (χ0) is 22.5. The number of nitrogens with one attached hydrogen (secondary N) is 2. The summed E-state index contributed by atoms with van der Waals surface area (Å²) >= 11 is 13.2. The lowest BCUT2D eigenvalue weighted by Crippen LogP contribution is -2.28. The van der Waals surface area contributed by atoms with Gasteiger partial charge in [-0.3, -0.25) is 9.59 Å². The normalized spacial score (nSPS) is 11.8. The molecule has 0 aliphatic carbocycles. The van der Waals surface area contributed by atoms with Gasteiger partial charge in [-0.15, -0.1) is 10.2 Å². The first-order valence-corrected chi connectivity index (χ1v) is 11.1. The molecule has 7 nitrogen and oxygen atoms in total. The number of hydrogen-bond donors (Lipinski definition) is 2. The Labute approximate surface area is 194 Å². The number of nitrogens with zero attached hydrogens (tertiary/aromatic N) is 3. The van der Waals surface area contributed by atoms with Crippen LogP contribution in [-0.4, -0.2) is 32.3 Å². The first-order valence-electron chi connectivity index (χ1n) is 9.39. The van der Waals surface area contributed by atoms with Crippen molar-refractivity contribution in [1.82, 2.24) is 20.1 Å². The zero-order valence-electron chi connectivity index (χ0n) is 17.1. The van der Waals surface area contributed by atoms with Crippen molar-refractivity contribution in [3.8, 4) is 0 Å². The van der Waals surface area contributed by atoms with E-state index in [1.165, 1.54) is 11.8 Å². The standard InChI is InChI=1S/C21H21Cl2N5O2S/c1-12-4-6-14(7-5-12)20(30)24-13(2)19-26-27-21(28(19)3)31-11-18(29)25-17-10-15(22)8-9-16(17)23/h4-10,13H,11H2,1-3H3,(H,24,30)(H,25,29)/t13-/m1/s1. The third-order valence-corrected chi connectivity index (χ3v) is 6.04. The molecule has 0 aliphatic rings. The Morgan fingerprint density at radius 3 is 2.55 bits per heavy atom. The van der Waals surface area contributed by atoms with E-state index in [4.69, 9.17) is 23.2 Å².